The monoisotopic (exact) mass is 361 g/mol. The zero-order chi connectivity index (χ0) is 14.7. The van der Waals surface area contributed by atoms with Crippen LogP contribution in [0.3, 0.4) is 0 Å². The van der Waals surface area contributed by atoms with E-state index in [1.807, 2.05) is 4.90 Å². The standard InChI is InChI=1S/C15H23N5O.2ClH/c16-15(4-2-1-3-5-15)14(21)20-10-8-19(9-11-20)13-12-17-6-7-18-13;;/h6-7,12H,1-5,8-11,16H2;2*1H. The molecule has 1 saturated heterocycles. The predicted octanol–water partition coefficient (Wildman–Crippen LogP) is 1.63. The highest BCUT2D eigenvalue weighted by Crippen LogP contribution is 2.28. The summed E-state index contributed by atoms with van der Waals surface area (Å²) < 4.78 is 0. The van der Waals surface area contributed by atoms with E-state index in [0.29, 0.717) is 13.1 Å². The second-order valence-corrected chi connectivity index (χ2v) is 6.06. The van der Waals surface area contributed by atoms with E-state index in [9.17, 15) is 4.79 Å². The van der Waals surface area contributed by atoms with Crippen LogP contribution in [0.5, 0.6) is 0 Å². The number of hydrogen-bond donors (Lipinski definition) is 1. The lowest BCUT2D eigenvalue weighted by Crippen LogP contribution is -2.60. The SMILES string of the molecule is Cl.Cl.NC1(C(=O)N2CCN(c3cnccn3)CC2)CCCCC1. The summed E-state index contributed by atoms with van der Waals surface area (Å²) in [4.78, 5) is 25.2. The van der Waals surface area contributed by atoms with Crippen LogP contribution < -0.4 is 10.6 Å². The lowest BCUT2D eigenvalue weighted by molar-refractivity contribution is -0.138. The Morgan fingerprint density at radius 3 is 2.26 bits per heavy atom. The number of anilines is 1. The first kappa shape index (κ1) is 19.9. The quantitative estimate of drug-likeness (QED) is 0.866. The van der Waals surface area contributed by atoms with Gasteiger partial charge in [0, 0.05) is 38.6 Å². The Kier molecular flexibility index (Phi) is 7.51. The molecule has 3 rings (SSSR count). The molecule has 1 aliphatic carbocycles. The molecular formula is C15H25Cl2N5O. The first-order valence-corrected chi connectivity index (χ1v) is 7.78. The molecule has 0 aromatic carbocycles. The van der Waals surface area contributed by atoms with Crippen LogP contribution in [0.25, 0.3) is 0 Å². The molecule has 130 valence electrons. The molecule has 0 atom stereocenters. The number of halogens is 2. The Labute approximate surface area is 149 Å². The van der Waals surface area contributed by atoms with Gasteiger partial charge in [0.15, 0.2) is 0 Å². The third-order valence-corrected chi connectivity index (χ3v) is 4.61. The van der Waals surface area contributed by atoms with Crippen molar-refractivity contribution < 1.29 is 4.79 Å². The van der Waals surface area contributed by atoms with Crippen LogP contribution in [0, 0.1) is 0 Å². The van der Waals surface area contributed by atoms with E-state index in [0.717, 1.165) is 44.6 Å². The normalized spacial score (nSPS) is 20.2. The number of amides is 1. The highest BCUT2D eigenvalue weighted by Gasteiger charge is 2.39. The summed E-state index contributed by atoms with van der Waals surface area (Å²) in [6.45, 7) is 3.02. The summed E-state index contributed by atoms with van der Waals surface area (Å²) in [5.74, 6) is 1.02. The van der Waals surface area contributed by atoms with E-state index in [1.165, 1.54) is 6.42 Å². The van der Waals surface area contributed by atoms with Crippen molar-refractivity contribution in [1.82, 2.24) is 14.9 Å². The van der Waals surface area contributed by atoms with Gasteiger partial charge in [0.2, 0.25) is 5.91 Å². The van der Waals surface area contributed by atoms with Gasteiger partial charge in [0.1, 0.15) is 5.82 Å². The molecule has 2 heterocycles. The van der Waals surface area contributed by atoms with Crippen molar-refractivity contribution in [2.45, 2.75) is 37.6 Å². The molecule has 1 saturated carbocycles. The number of nitrogens with two attached hydrogens (primary N) is 1. The van der Waals surface area contributed by atoms with Gasteiger partial charge in [-0.05, 0) is 12.8 Å². The van der Waals surface area contributed by atoms with Gasteiger partial charge in [-0.3, -0.25) is 9.78 Å². The van der Waals surface area contributed by atoms with Crippen molar-refractivity contribution in [1.29, 1.82) is 0 Å². The molecular weight excluding hydrogens is 337 g/mol. The van der Waals surface area contributed by atoms with Crippen molar-refractivity contribution in [3.05, 3.63) is 18.6 Å². The summed E-state index contributed by atoms with van der Waals surface area (Å²) in [5.41, 5.74) is 5.73. The fourth-order valence-corrected chi connectivity index (χ4v) is 3.30. The molecule has 8 heteroatoms. The Bertz CT molecular complexity index is 488. The van der Waals surface area contributed by atoms with Crippen LogP contribution >= 0.6 is 24.8 Å². The molecule has 2 fully saturated rings. The van der Waals surface area contributed by atoms with Crippen molar-refractivity contribution in [3.8, 4) is 0 Å². The summed E-state index contributed by atoms with van der Waals surface area (Å²) in [7, 11) is 0. The van der Waals surface area contributed by atoms with Crippen LogP contribution in [-0.2, 0) is 4.79 Å². The number of piperazine rings is 1. The Morgan fingerprint density at radius 2 is 1.70 bits per heavy atom. The molecule has 0 bridgehead atoms. The van der Waals surface area contributed by atoms with E-state index in [4.69, 9.17) is 5.73 Å². The van der Waals surface area contributed by atoms with Crippen molar-refractivity contribution in [2.24, 2.45) is 5.73 Å². The first-order valence-electron chi connectivity index (χ1n) is 7.78. The Balaban J connectivity index is 0.00000132. The van der Waals surface area contributed by atoms with Gasteiger partial charge in [-0.25, -0.2) is 4.98 Å². The number of aromatic nitrogens is 2. The van der Waals surface area contributed by atoms with Crippen LogP contribution in [-0.4, -0.2) is 52.5 Å². The molecule has 6 nitrogen and oxygen atoms in total. The summed E-state index contributed by atoms with van der Waals surface area (Å²) >= 11 is 0. The van der Waals surface area contributed by atoms with Gasteiger partial charge >= 0.3 is 0 Å². The van der Waals surface area contributed by atoms with E-state index in [1.54, 1.807) is 18.6 Å². The average Bonchev–Trinajstić information content (AvgIpc) is 2.56. The Hall–Kier alpha value is -1.11. The summed E-state index contributed by atoms with van der Waals surface area (Å²) in [6, 6.07) is 0. The summed E-state index contributed by atoms with van der Waals surface area (Å²) in [5, 5.41) is 0. The lowest BCUT2D eigenvalue weighted by Gasteiger charge is -2.41. The molecule has 0 unspecified atom stereocenters. The smallest absolute Gasteiger partial charge is 0.242 e. The van der Waals surface area contributed by atoms with Crippen molar-refractivity contribution in [3.63, 3.8) is 0 Å². The molecule has 0 spiro atoms. The average molecular weight is 362 g/mol. The van der Waals surface area contributed by atoms with Crippen LogP contribution in [0.15, 0.2) is 18.6 Å². The number of hydrogen-bond acceptors (Lipinski definition) is 5. The second kappa shape index (κ2) is 8.66. The third-order valence-electron chi connectivity index (χ3n) is 4.61. The molecule has 2 N–H and O–H groups in total. The van der Waals surface area contributed by atoms with Crippen molar-refractivity contribution in [2.75, 3.05) is 31.1 Å². The molecule has 2 aliphatic rings. The lowest BCUT2D eigenvalue weighted by atomic mass is 9.81. The van der Waals surface area contributed by atoms with Crippen LogP contribution in [0.2, 0.25) is 0 Å². The number of carbonyl (C=O) groups excluding carboxylic acids is 1. The van der Waals surface area contributed by atoms with Gasteiger partial charge in [-0.2, -0.15) is 0 Å². The van der Waals surface area contributed by atoms with Gasteiger partial charge in [-0.1, -0.05) is 19.3 Å². The predicted molar refractivity (Wildman–Crippen MR) is 95.3 cm³/mol. The van der Waals surface area contributed by atoms with Gasteiger partial charge in [-0.15, -0.1) is 24.8 Å². The zero-order valence-electron chi connectivity index (χ0n) is 13.2. The maximum Gasteiger partial charge on any atom is 0.242 e. The third kappa shape index (κ3) is 4.46. The second-order valence-electron chi connectivity index (χ2n) is 6.06. The molecule has 1 aromatic heterocycles. The molecule has 0 radical (unpaired) electrons. The fourth-order valence-electron chi connectivity index (χ4n) is 3.30. The fraction of sp³-hybridized carbons (Fsp3) is 0.667. The van der Waals surface area contributed by atoms with E-state index >= 15 is 0 Å². The summed E-state index contributed by atoms with van der Waals surface area (Å²) in [6.07, 6.45) is 10.1. The van der Waals surface area contributed by atoms with Gasteiger partial charge < -0.3 is 15.5 Å². The van der Waals surface area contributed by atoms with E-state index in [2.05, 4.69) is 14.9 Å². The molecule has 1 aliphatic heterocycles. The van der Waals surface area contributed by atoms with Crippen LogP contribution in [0.4, 0.5) is 5.82 Å². The highest BCUT2D eigenvalue weighted by molar-refractivity contribution is 5.86. The number of nitrogens with zero attached hydrogens (tertiary/aromatic N) is 4. The highest BCUT2D eigenvalue weighted by atomic mass is 35.5. The Morgan fingerprint density at radius 1 is 1.04 bits per heavy atom. The van der Waals surface area contributed by atoms with Crippen LogP contribution in [0.1, 0.15) is 32.1 Å². The van der Waals surface area contributed by atoms with Gasteiger partial charge in [0.05, 0.1) is 11.7 Å². The topological polar surface area (TPSA) is 75.4 Å². The first-order chi connectivity index (χ1) is 10.2. The zero-order valence-corrected chi connectivity index (χ0v) is 14.8. The maximum absolute atomic E-state index is 12.7. The van der Waals surface area contributed by atoms with E-state index < -0.39 is 5.54 Å². The minimum Gasteiger partial charge on any atom is -0.352 e. The largest absolute Gasteiger partial charge is 0.352 e. The minimum atomic E-state index is -0.618. The number of carbonyl (C=O) groups is 1. The molecule has 1 aromatic rings. The van der Waals surface area contributed by atoms with E-state index in [-0.39, 0.29) is 30.7 Å². The molecule has 23 heavy (non-hydrogen) atoms. The minimum absolute atomic E-state index is 0. The van der Waals surface area contributed by atoms with Crippen molar-refractivity contribution >= 4 is 36.5 Å². The molecule has 1 amide bonds. The maximum atomic E-state index is 12.7. The number of rotatable bonds is 2. The van der Waals surface area contributed by atoms with Gasteiger partial charge in [0.25, 0.3) is 0 Å².